The number of carbonyl (C=O) groups excluding carboxylic acids is 2. The third-order valence-corrected chi connectivity index (χ3v) is 5.88. The summed E-state index contributed by atoms with van der Waals surface area (Å²) in [5.41, 5.74) is 2.62. The lowest BCUT2D eigenvalue weighted by Crippen LogP contribution is -2.33. The summed E-state index contributed by atoms with van der Waals surface area (Å²) in [4.78, 5) is 30.8. The Morgan fingerprint density at radius 3 is 2.59 bits per heavy atom. The van der Waals surface area contributed by atoms with Gasteiger partial charge >= 0.3 is 0 Å². The Balaban J connectivity index is 1.55. The molecule has 0 aliphatic rings. The van der Waals surface area contributed by atoms with Crippen LogP contribution in [0.5, 0.6) is 0 Å². The Labute approximate surface area is 179 Å². The molecule has 0 unspecified atom stereocenters. The first-order chi connectivity index (χ1) is 14.1. The summed E-state index contributed by atoms with van der Waals surface area (Å²) in [6, 6.07) is 20.5. The molecule has 2 N–H and O–H groups in total. The largest absolute Gasteiger partial charge is 0.343 e. The molecule has 0 spiro atoms. The van der Waals surface area contributed by atoms with Crippen LogP contribution in [0.25, 0.3) is 21.5 Å². The van der Waals surface area contributed by atoms with Crippen LogP contribution < -0.4 is 10.6 Å². The van der Waals surface area contributed by atoms with Gasteiger partial charge in [-0.15, -0.1) is 11.3 Å². The van der Waals surface area contributed by atoms with Gasteiger partial charge in [0.25, 0.3) is 5.91 Å². The molecule has 0 saturated heterocycles. The van der Waals surface area contributed by atoms with Gasteiger partial charge in [-0.1, -0.05) is 36.4 Å². The molecule has 0 aliphatic carbocycles. The number of hydrogen-bond acceptors (Lipinski definition) is 4. The van der Waals surface area contributed by atoms with Crippen molar-refractivity contribution in [3.05, 3.63) is 82.1 Å². The summed E-state index contributed by atoms with van der Waals surface area (Å²) >= 11 is 4.95. The highest BCUT2D eigenvalue weighted by Crippen LogP contribution is 2.28. The van der Waals surface area contributed by atoms with Crippen LogP contribution in [0.15, 0.2) is 76.6 Å². The number of benzene rings is 2. The van der Waals surface area contributed by atoms with Gasteiger partial charge < -0.3 is 10.6 Å². The van der Waals surface area contributed by atoms with Gasteiger partial charge in [0.2, 0.25) is 5.91 Å². The van der Waals surface area contributed by atoms with E-state index in [4.69, 9.17) is 0 Å². The van der Waals surface area contributed by atoms with Crippen LogP contribution in [-0.4, -0.2) is 23.3 Å². The molecule has 2 aromatic heterocycles. The molecule has 0 bridgehead atoms. The van der Waals surface area contributed by atoms with E-state index in [0.717, 1.165) is 25.9 Å². The number of fused-ring (bicyclic) bond motifs is 1. The Morgan fingerprint density at radius 1 is 1.00 bits per heavy atom. The van der Waals surface area contributed by atoms with Crippen LogP contribution in [0.4, 0.5) is 5.69 Å². The second-order valence-corrected chi connectivity index (χ2v) is 8.06. The Kier molecular flexibility index (Phi) is 5.69. The fourth-order valence-corrected chi connectivity index (χ4v) is 4.00. The van der Waals surface area contributed by atoms with E-state index in [9.17, 15) is 9.59 Å². The van der Waals surface area contributed by atoms with Gasteiger partial charge in [-0.05, 0) is 51.6 Å². The topological polar surface area (TPSA) is 71.1 Å². The Hall–Kier alpha value is -3.03. The monoisotopic (exact) mass is 465 g/mol. The van der Waals surface area contributed by atoms with Crippen LogP contribution in [0.2, 0.25) is 0 Å². The molecule has 29 heavy (non-hydrogen) atoms. The molecule has 2 heterocycles. The molecule has 4 rings (SSSR count). The first-order valence-corrected chi connectivity index (χ1v) is 10.6. The quantitative estimate of drug-likeness (QED) is 0.430. The molecular formula is C22H16BrN3O2S. The number of hydrogen-bond donors (Lipinski definition) is 2. The smallest absolute Gasteiger partial charge is 0.252 e. The molecular weight excluding hydrogens is 450 g/mol. The third-order valence-electron chi connectivity index (χ3n) is 4.29. The van der Waals surface area contributed by atoms with Crippen molar-refractivity contribution in [2.24, 2.45) is 0 Å². The number of pyridine rings is 1. The molecule has 0 radical (unpaired) electrons. The molecule has 5 nitrogen and oxygen atoms in total. The number of carbonyl (C=O) groups is 2. The van der Waals surface area contributed by atoms with Crippen LogP contribution >= 0.6 is 27.3 Å². The van der Waals surface area contributed by atoms with E-state index >= 15 is 0 Å². The van der Waals surface area contributed by atoms with Crippen molar-refractivity contribution in [3.63, 3.8) is 0 Å². The Morgan fingerprint density at radius 2 is 1.79 bits per heavy atom. The second-order valence-electron chi connectivity index (χ2n) is 6.26. The zero-order chi connectivity index (χ0) is 20.2. The number of halogens is 1. The molecule has 2 amide bonds. The highest BCUT2D eigenvalue weighted by molar-refractivity contribution is 9.10. The molecule has 4 aromatic rings. The van der Waals surface area contributed by atoms with Crippen LogP contribution in [-0.2, 0) is 4.79 Å². The number of anilines is 1. The second kappa shape index (κ2) is 8.55. The average Bonchev–Trinajstić information content (AvgIpc) is 3.28. The van der Waals surface area contributed by atoms with E-state index in [-0.39, 0.29) is 18.4 Å². The van der Waals surface area contributed by atoms with Gasteiger partial charge in [-0.2, -0.15) is 0 Å². The molecule has 0 atom stereocenters. The molecule has 144 valence electrons. The van der Waals surface area contributed by atoms with Gasteiger partial charge in [0.1, 0.15) is 0 Å². The Bertz CT molecular complexity index is 1190. The van der Waals surface area contributed by atoms with Crippen molar-refractivity contribution in [1.29, 1.82) is 0 Å². The maximum Gasteiger partial charge on any atom is 0.252 e. The molecule has 2 aromatic carbocycles. The minimum atomic E-state index is -0.316. The molecule has 0 aliphatic heterocycles. The summed E-state index contributed by atoms with van der Waals surface area (Å²) < 4.78 is 0.778. The van der Waals surface area contributed by atoms with Crippen molar-refractivity contribution in [3.8, 4) is 10.6 Å². The number of para-hydroxylation sites is 2. The van der Waals surface area contributed by atoms with E-state index in [0.29, 0.717) is 11.3 Å². The first-order valence-electron chi connectivity index (χ1n) is 8.88. The van der Waals surface area contributed by atoms with Crippen molar-refractivity contribution < 1.29 is 9.59 Å². The predicted molar refractivity (Wildman–Crippen MR) is 120 cm³/mol. The third kappa shape index (κ3) is 4.36. The van der Waals surface area contributed by atoms with Crippen molar-refractivity contribution in [1.82, 2.24) is 10.3 Å². The van der Waals surface area contributed by atoms with Crippen LogP contribution in [0.3, 0.4) is 0 Å². The lowest BCUT2D eigenvalue weighted by Gasteiger charge is -2.11. The standard InChI is InChI=1S/C22H16BrN3O2S/c23-16-7-2-4-9-18(16)26-21(27)13-24-22(28)15-12-19(20-10-5-11-29-20)25-17-8-3-1-6-14(15)17/h1-12H,13H2,(H,24,28)(H,26,27). The lowest BCUT2D eigenvalue weighted by molar-refractivity contribution is -0.115. The van der Waals surface area contributed by atoms with E-state index in [1.807, 2.05) is 60.0 Å². The van der Waals surface area contributed by atoms with E-state index in [1.165, 1.54) is 0 Å². The van der Waals surface area contributed by atoms with Gasteiger partial charge in [0.05, 0.1) is 33.9 Å². The maximum atomic E-state index is 12.9. The van der Waals surface area contributed by atoms with Crippen LogP contribution in [0, 0.1) is 0 Å². The van der Waals surface area contributed by atoms with Crippen molar-refractivity contribution in [2.75, 3.05) is 11.9 Å². The first kappa shape index (κ1) is 19.3. The van der Waals surface area contributed by atoms with Gasteiger partial charge in [0, 0.05) is 9.86 Å². The highest BCUT2D eigenvalue weighted by atomic mass is 79.9. The number of amides is 2. The number of aromatic nitrogens is 1. The van der Waals surface area contributed by atoms with Gasteiger partial charge in [-0.3, -0.25) is 9.59 Å². The minimum absolute atomic E-state index is 0.134. The van der Waals surface area contributed by atoms with Crippen LogP contribution in [0.1, 0.15) is 10.4 Å². The van der Waals surface area contributed by atoms with Gasteiger partial charge in [-0.25, -0.2) is 4.98 Å². The number of rotatable bonds is 5. The zero-order valence-electron chi connectivity index (χ0n) is 15.2. The predicted octanol–water partition coefficient (Wildman–Crippen LogP) is 5.09. The maximum absolute atomic E-state index is 12.9. The summed E-state index contributed by atoms with van der Waals surface area (Å²) in [6.45, 7) is -0.134. The number of thiophene rings is 1. The fraction of sp³-hybridized carbons (Fsp3) is 0.0455. The number of nitrogens with zero attached hydrogens (tertiary/aromatic N) is 1. The summed E-state index contributed by atoms with van der Waals surface area (Å²) in [5.74, 6) is -0.620. The fourth-order valence-electron chi connectivity index (χ4n) is 2.93. The lowest BCUT2D eigenvalue weighted by atomic mass is 10.1. The molecule has 0 saturated carbocycles. The average molecular weight is 466 g/mol. The van der Waals surface area contributed by atoms with Gasteiger partial charge in [0.15, 0.2) is 0 Å². The summed E-state index contributed by atoms with van der Waals surface area (Å²) in [7, 11) is 0. The SMILES string of the molecule is O=C(CNC(=O)c1cc(-c2cccs2)nc2ccccc12)Nc1ccccc1Br. The van der Waals surface area contributed by atoms with E-state index in [1.54, 1.807) is 23.5 Å². The minimum Gasteiger partial charge on any atom is -0.343 e. The molecule has 7 heteroatoms. The van der Waals surface area contributed by atoms with E-state index in [2.05, 4.69) is 31.5 Å². The van der Waals surface area contributed by atoms with Crippen molar-refractivity contribution in [2.45, 2.75) is 0 Å². The number of nitrogens with one attached hydrogen (secondary N) is 2. The highest BCUT2D eigenvalue weighted by Gasteiger charge is 2.15. The molecule has 0 fully saturated rings. The summed E-state index contributed by atoms with van der Waals surface area (Å²) in [5, 5.41) is 8.21. The summed E-state index contributed by atoms with van der Waals surface area (Å²) in [6.07, 6.45) is 0. The normalized spacial score (nSPS) is 10.7. The van der Waals surface area contributed by atoms with Crippen molar-refractivity contribution >= 4 is 55.7 Å². The zero-order valence-corrected chi connectivity index (χ0v) is 17.6. The van der Waals surface area contributed by atoms with E-state index < -0.39 is 0 Å².